The molecule has 0 amide bonds. The second-order valence-electron chi connectivity index (χ2n) is 4.78. The van der Waals surface area contributed by atoms with Crippen molar-refractivity contribution in [3.8, 4) is 11.8 Å². The number of aryl methyl sites for hydroxylation is 1. The molecule has 0 aromatic heterocycles. The fraction of sp³-hybridized carbons (Fsp3) is 0.375. The SMILES string of the molecule is CC(=N)[C@H](C#N)C(=O)COC(=O)CCOc1ccc(C)cc1. The highest BCUT2D eigenvalue weighted by atomic mass is 16.5. The lowest BCUT2D eigenvalue weighted by Gasteiger charge is -2.08. The van der Waals surface area contributed by atoms with E-state index in [4.69, 9.17) is 20.1 Å². The van der Waals surface area contributed by atoms with Gasteiger partial charge in [0.2, 0.25) is 0 Å². The maximum Gasteiger partial charge on any atom is 0.309 e. The quantitative estimate of drug-likeness (QED) is 0.585. The number of nitrogens with zero attached hydrogens (tertiary/aromatic N) is 1. The van der Waals surface area contributed by atoms with E-state index in [-0.39, 0.29) is 18.7 Å². The van der Waals surface area contributed by atoms with Gasteiger partial charge >= 0.3 is 5.97 Å². The lowest BCUT2D eigenvalue weighted by molar-refractivity contribution is -0.148. The van der Waals surface area contributed by atoms with Crippen molar-refractivity contribution in [2.75, 3.05) is 13.2 Å². The molecule has 0 spiro atoms. The lowest BCUT2D eigenvalue weighted by Crippen LogP contribution is -2.25. The molecular weight excluding hydrogens is 284 g/mol. The van der Waals surface area contributed by atoms with Crippen LogP contribution in [0.5, 0.6) is 5.75 Å². The molecule has 1 aromatic rings. The van der Waals surface area contributed by atoms with Crippen LogP contribution < -0.4 is 4.74 Å². The van der Waals surface area contributed by atoms with Crippen molar-refractivity contribution in [3.63, 3.8) is 0 Å². The minimum Gasteiger partial charge on any atom is -0.493 e. The first kappa shape index (κ1) is 17.4. The van der Waals surface area contributed by atoms with Crippen molar-refractivity contribution in [1.82, 2.24) is 0 Å². The molecule has 0 fully saturated rings. The Kier molecular flexibility index (Phi) is 6.77. The van der Waals surface area contributed by atoms with Crippen molar-refractivity contribution in [2.24, 2.45) is 5.92 Å². The van der Waals surface area contributed by atoms with E-state index in [0.29, 0.717) is 5.75 Å². The number of ether oxygens (including phenoxy) is 2. The smallest absolute Gasteiger partial charge is 0.309 e. The van der Waals surface area contributed by atoms with E-state index in [1.165, 1.54) is 6.92 Å². The van der Waals surface area contributed by atoms with Gasteiger partial charge in [0, 0.05) is 5.71 Å². The van der Waals surface area contributed by atoms with Gasteiger partial charge in [0.15, 0.2) is 12.4 Å². The number of rotatable bonds is 8. The Morgan fingerprint density at radius 3 is 2.50 bits per heavy atom. The summed E-state index contributed by atoms with van der Waals surface area (Å²) in [5.41, 5.74) is 1.05. The van der Waals surface area contributed by atoms with Crippen LogP contribution in [0.3, 0.4) is 0 Å². The van der Waals surface area contributed by atoms with Gasteiger partial charge in [-0.3, -0.25) is 9.59 Å². The highest BCUT2D eigenvalue weighted by Crippen LogP contribution is 2.11. The van der Waals surface area contributed by atoms with E-state index < -0.39 is 24.3 Å². The molecule has 0 bridgehead atoms. The van der Waals surface area contributed by atoms with Crippen LogP contribution in [-0.4, -0.2) is 30.7 Å². The predicted molar refractivity (Wildman–Crippen MR) is 79.8 cm³/mol. The number of hydrogen-bond acceptors (Lipinski definition) is 6. The molecule has 0 aliphatic heterocycles. The average molecular weight is 302 g/mol. The largest absolute Gasteiger partial charge is 0.493 e. The molecular formula is C16H18N2O4. The van der Waals surface area contributed by atoms with Gasteiger partial charge in [0.1, 0.15) is 11.7 Å². The summed E-state index contributed by atoms with van der Waals surface area (Å²) in [4.78, 5) is 23.1. The van der Waals surface area contributed by atoms with Gasteiger partial charge in [-0.05, 0) is 26.0 Å². The standard InChI is InChI=1S/C16H18N2O4/c1-11-3-5-13(6-4-11)21-8-7-16(20)22-10-15(19)14(9-17)12(2)18/h3-6,14,18H,7-8,10H2,1-2H3/t14-/m0/s1. The Morgan fingerprint density at radius 1 is 1.32 bits per heavy atom. The first-order valence-corrected chi connectivity index (χ1v) is 6.76. The van der Waals surface area contributed by atoms with Crippen LogP contribution in [-0.2, 0) is 14.3 Å². The molecule has 0 aliphatic carbocycles. The second kappa shape index (κ2) is 8.57. The second-order valence-corrected chi connectivity index (χ2v) is 4.78. The fourth-order valence-electron chi connectivity index (χ4n) is 1.60. The molecule has 1 N–H and O–H groups in total. The van der Waals surface area contributed by atoms with Gasteiger partial charge in [-0.25, -0.2) is 0 Å². The summed E-state index contributed by atoms with van der Waals surface area (Å²) in [5.74, 6) is -1.68. The fourth-order valence-corrected chi connectivity index (χ4v) is 1.60. The molecule has 6 nitrogen and oxygen atoms in total. The van der Waals surface area contributed by atoms with Crippen LogP contribution in [0, 0.1) is 29.6 Å². The molecule has 1 aromatic carbocycles. The van der Waals surface area contributed by atoms with Crippen molar-refractivity contribution < 1.29 is 19.1 Å². The number of nitrogens with one attached hydrogen (secondary N) is 1. The lowest BCUT2D eigenvalue weighted by atomic mass is 10.0. The Morgan fingerprint density at radius 2 is 1.95 bits per heavy atom. The summed E-state index contributed by atoms with van der Waals surface area (Å²) in [6.07, 6.45) is 0.00193. The monoisotopic (exact) mass is 302 g/mol. The van der Waals surface area contributed by atoms with Gasteiger partial charge in [0.25, 0.3) is 0 Å². The van der Waals surface area contributed by atoms with E-state index in [9.17, 15) is 9.59 Å². The molecule has 0 saturated heterocycles. The van der Waals surface area contributed by atoms with E-state index in [1.807, 2.05) is 19.1 Å². The summed E-state index contributed by atoms with van der Waals surface area (Å²) in [6.45, 7) is 2.96. The van der Waals surface area contributed by atoms with Crippen LogP contribution in [0.1, 0.15) is 18.9 Å². The molecule has 116 valence electrons. The van der Waals surface area contributed by atoms with Gasteiger partial charge in [-0.15, -0.1) is 0 Å². The Labute approximate surface area is 129 Å². The minimum absolute atomic E-state index is 0.00193. The molecule has 1 rings (SSSR count). The van der Waals surface area contributed by atoms with E-state index in [1.54, 1.807) is 18.2 Å². The molecule has 22 heavy (non-hydrogen) atoms. The van der Waals surface area contributed by atoms with Crippen molar-refractivity contribution in [2.45, 2.75) is 20.3 Å². The van der Waals surface area contributed by atoms with Crippen LogP contribution in [0.2, 0.25) is 0 Å². The Balaban J connectivity index is 2.29. The van der Waals surface area contributed by atoms with E-state index in [0.717, 1.165) is 5.56 Å². The molecule has 0 radical (unpaired) electrons. The third kappa shape index (κ3) is 5.75. The van der Waals surface area contributed by atoms with Crippen molar-refractivity contribution in [3.05, 3.63) is 29.8 Å². The van der Waals surface area contributed by atoms with Crippen molar-refractivity contribution >= 4 is 17.5 Å². The maximum absolute atomic E-state index is 11.6. The highest BCUT2D eigenvalue weighted by Gasteiger charge is 2.21. The molecule has 0 heterocycles. The van der Waals surface area contributed by atoms with Crippen LogP contribution in [0.25, 0.3) is 0 Å². The normalized spacial score (nSPS) is 11.1. The van der Waals surface area contributed by atoms with Gasteiger partial charge < -0.3 is 14.9 Å². The van der Waals surface area contributed by atoms with Crippen LogP contribution >= 0.6 is 0 Å². The maximum atomic E-state index is 11.6. The Hall–Kier alpha value is -2.68. The molecule has 0 unspecified atom stereocenters. The summed E-state index contributed by atoms with van der Waals surface area (Å²) in [7, 11) is 0. The zero-order valence-corrected chi connectivity index (χ0v) is 12.6. The number of carbonyl (C=O) groups is 2. The number of Topliss-reactive ketones (excluding diaryl/α,β-unsaturated/α-hetero) is 1. The topological polar surface area (TPSA) is 100 Å². The number of carbonyl (C=O) groups excluding carboxylic acids is 2. The van der Waals surface area contributed by atoms with E-state index in [2.05, 4.69) is 0 Å². The van der Waals surface area contributed by atoms with Crippen LogP contribution in [0.4, 0.5) is 0 Å². The van der Waals surface area contributed by atoms with Crippen molar-refractivity contribution in [1.29, 1.82) is 10.7 Å². The first-order chi connectivity index (χ1) is 10.4. The zero-order valence-electron chi connectivity index (χ0n) is 12.6. The average Bonchev–Trinajstić information content (AvgIpc) is 2.47. The van der Waals surface area contributed by atoms with Gasteiger partial charge in [-0.2, -0.15) is 5.26 Å². The minimum atomic E-state index is -1.16. The van der Waals surface area contributed by atoms with Crippen LogP contribution in [0.15, 0.2) is 24.3 Å². The highest BCUT2D eigenvalue weighted by molar-refractivity contribution is 6.05. The molecule has 1 atom stereocenters. The molecule has 0 aliphatic rings. The number of ketones is 1. The molecule has 6 heteroatoms. The zero-order chi connectivity index (χ0) is 16.5. The van der Waals surface area contributed by atoms with Gasteiger partial charge in [0.05, 0.1) is 19.1 Å². The third-order valence-electron chi connectivity index (χ3n) is 2.86. The predicted octanol–water partition coefficient (Wildman–Crippen LogP) is 2.06. The van der Waals surface area contributed by atoms with E-state index >= 15 is 0 Å². The summed E-state index contributed by atoms with van der Waals surface area (Å²) < 4.78 is 10.2. The summed E-state index contributed by atoms with van der Waals surface area (Å²) in [5, 5.41) is 16.0. The number of benzene rings is 1. The van der Waals surface area contributed by atoms with Gasteiger partial charge in [-0.1, -0.05) is 17.7 Å². The third-order valence-corrected chi connectivity index (χ3v) is 2.86. The molecule has 0 saturated carbocycles. The summed E-state index contributed by atoms with van der Waals surface area (Å²) >= 11 is 0. The number of nitriles is 1. The summed E-state index contributed by atoms with van der Waals surface area (Å²) in [6, 6.07) is 9.10. The number of hydrogen-bond donors (Lipinski definition) is 1. The Bertz CT molecular complexity index is 587. The first-order valence-electron chi connectivity index (χ1n) is 6.76. The number of esters is 1.